The Balaban J connectivity index is 0.00000231. The fourth-order valence-electron chi connectivity index (χ4n) is 4.88. The first-order chi connectivity index (χ1) is 14.5. The van der Waals surface area contributed by atoms with Crippen LogP contribution < -0.4 is 29.3 Å². The van der Waals surface area contributed by atoms with Crippen LogP contribution >= 0.6 is 0 Å². The Kier molecular flexibility index (Phi) is 6.12. The summed E-state index contributed by atoms with van der Waals surface area (Å²) in [5, 5.41) is 4.92. The summed E-state index contributed by atoms with van der Waals surface area (Å²) in [6, 6.07) is 13.3. The van der Waals surface area contributed by atoms with E-state index in [4.69, 9.17) is 0 Å². The van der Waals surface area contributed by atoms with Crippen molar-refractivity contribution in [1.82, 2.24) is 4.98 Å². The molecule has 5 rings (SSSR count). The molecule has 1 fully saturated rings. The third kappa shape index (κ3) is 4.11. The van der Waals surface area contributed by atoms with Gasteiger partial charge < -0.3 is 33.8 Å². The number of amides is 1. The normalized spacial score (nSPS) is 16.4. The van der Waals surface area contributed by atoms with Gasteiger partial charge in [-0.15, -0.1) is 0 Å². The van der Waals surface area contributed by atoms with Crippen molar-refractivity contribution >= 4 is 28.2 Å². The number of carbonyl (C=O) groups excluding carboxylic acids is 2. The van der Waals surface area contributed by atoms with Crippen molar-refractivity contribution in [2.24, 2.45) is 0 Å². The van der Waals surface area contributed by atoms with Gasteiger partial charge in [0, 0.05) is 34.0 Å². The molecule has 160 valence electrons. The van der Waals surface area contributed by atoms with Gasteiger partial charge in [-0.2, -0.15) is 0 Å². The second-order valence-electron chi connectivity index (χ2n) is 8.80. The summed E-state index contributed by atoms with van der Waals surface area (Å²) < 4.78 is 0.975. The monoisotopic (exact) mass is 527 g/mol. The fraction of sp³-hybridized carbons (Fsp3) is 0.320. The molecular formula is C25H26IN3O2. The molecule has 5 nitrogen and oxygen atoms in total. The molecule has 0 saturated carbocycles. The molecule has 1 amide bonds. The highest BCUT2D eigenvalue weighted by molar-refractivity contribution is 6.25. The van der Waals surface area contributed by atoms with E-state index in [0.29, 0.717) is 23.2 Å². The van der Waals surface area contributed by atoms with Crippen molar-refractivity contribution in [3.05, 3.63) is 59.8 Å². The van der Waals surface area contributed by atoms with Gasteiger partial charge in [-0.3, -0.25) is 14.6 Å². The van der Waals surface area contributed by atoms with E-state index in [1.807, 2.05) is 36.4 Å². The lowest BCUT2D eigenvalue weighted by molar-refractivity contribution is -0.913. The molecule has 1 aliphatic carbocycles. The number of nitrogens with one attached hydrogen (secondary N) is 1. The average molecular weight is 527 g/mol. The highest BCUT2D eigenvalue weighted by Gasteiger charge is 2.27. The molecule has 0 atom stereocenters. The molecule has 0 bridgehead atoms. The number of hydrogen-bond donors (Lipinski definition) is 1. The predicted octanol–water partition coefficient (Wildman–Crippen LogP) is 1.41. The topological polar surface area (TPSA) is 59.1 Å². The van der Waals surface area contributed by atoms with E-state index in [2.05, 4.69) is 17.3 Å². The number of fused-ring (bicyclic) bond motifs is 2. The Labute approximate surface area is 199 Å². The van der Waals surface area contributed by atoms with Crippen LogP contribution in [0.4, 0.5) is 5.69 Å². The van der Waals surface area contributed by atoms with Crippen LogP contribution in [0.15, 0.2) is 48.7 Å². The van der Waals surface area contributed by atoms with Gasteiger partial charge in [0.15, 0.2) is 5.78 Å². The Morgan fingerprint density at radius 2 is 1.84 bits per heavy atom. The number of nitrogens with zero attached hydrogens (tertiary/aromatic N) is 2. The standard InChI is InChI=1S/C25H25N3O2.HI/c1-28(13-3-2-4-14-28)15-11-22(29)27-18-8-9-19-21(16-18)25(30)20-7-5-6-17-10-12-26-24(19)23(17)20;/h5-10,12,16H,2-4,11,13-15H2,1H3;1H. The van der Waals surface area contributed by atoms with Crippen molar-refractivity contribution in [2.45, 2.75) is 25.7 Å². The number of benzene rings is 2. The SMILES string of the molecule is C[N+]1(CCC(=O)Nc2ccc3c(c2)C(=O)c2cccc4ccnc-3c24)CCCCC1.[I-]. The number of rotatable bonds is 4. The maximum absolute atomic E-state index is 13.2. The van der Waals surface area contributed by atoms with Crippen molar-refractivity contribution < 1.29 is 38.0 Å². The van der Waals surface area contributed by atoms with Gasteiger partial charge in [-0.25, -0.2) is 0 Å². The molecule has 1 aromatic heterocycles. The molecule has 1 saturated heterocycles. The average Bonchev–Trinajstić information content (AvgIpc) is 2.76. The fourth-order valence-corrected chi connectivity index (χ4v) is 4.88. The first-order valence-electron chi connectivity index (χ1n) is 10.7. The van der Waals surface area contributed by atoms with E-state index in [-0.39, 0.29) is 35.7 Å². The first-order valence-corrected chi connectivity index (χ1v) is 10.7. The van der Waals surface area contributed by atoms with Crippen molar-refractivity contribution in [3.63, 3.8) is 0 Å². The van der Waals surface area contributed by atoms with E-state index in [9.17, 15) is 9.59 Å². The summed E-state index contributed by atoms with van der Waals surface area (Å²) in [7, 11) is 2.25. The zero-order valence-electron chi connectivity index (χ0n) is 17.7. The lowest BCUT2D eigenvalue weighted by Gasteiger charge is -2.37. The lowest BCUT2D eigenvalue weighted by atomic mass is 9.85. The van der Waals surface area contributed by atoms with Gasteiger partial charge in [0.2, 0.25) is 5.91 Å². The number of hydrogen-bond acceptors (Lipinski definition) is 3. The van der Waals surface area contributed by atoms with Gasteiger partial charge in [0.1, 0.15) is 0 Å². The maximum atomic E-state index is 13.2. The minimum absolute atomic E-state index is 0. The maximum Gasteiger partial charge on any atom is 0.230 e. The summed E-state index contributed by atoms with van der Waals surface area (Å²) >= 11 is 0. The quantitative estimate of drug-likeness (QED) is 0.323. The third-order valence-electron chi connectivity index (χ3n) is 6.61. The number of ketones is 1. The van der Waals surface area contributed by atoms with E-state index in [1.165, 1.54) is 19.3 Å². The number of carbonyl (C=O) groups is 2. The molecule has 1 aliphatic heterocycles. The van der Waals surface area contributed by atoms with Gasteiger partial charge in [0.25, 0.3) is 0 Å². The van der Waals surface area contributed by atoms with Crippen LogP contribution in [0.3, 0.4) is 0 Å². The third-order valence-corrected chi connectivity index (χ3v) is 6.61. The second kappa shape index (κ2) is 8.67. The number of piperidine rings is 1. The largest absolute Gasteiger partial charge is 1.00 e. The molecule has 2 aromatic carbocycles. The summed E-state index contributed by atoms with van der Waals surface area (Å²) in [6.45, 7) is 3.16. The van der Waals surface area contributed by atoms with Crippen LogP contribution in [0, 0.1) is 0 Å². The Morgan fingerprint density at radius 3 is 2.65 bits per heavy atom. The smallest absolute Gasteiger partial charge is 0.230 e. The minimum atomic E-state index is -0.0152. The van der Waals surface area contributed by atoms with E-state index in [1.54, 1.807) is 12.3 Å². The highest BCUT2D eigenvalue weighted by Crippen LogP contribution is 2.38. The molecule has 1 N–H and O–H groups in total. The van der Waals surface area contributed by atoms with Gasteiger partial charge in [0.05, 0.1) is 38.8 Å². The summed E-state index contributed by atoms with van der Waals surface area (Å²) in [6.07, 6.45) is 6.06. The van der Waals surface area contributed by atoms with Gasteiger partial charge in [-0.1, -0.05) is 18.2 Å². The van der Waals surface area contributed by atoms with Crippen molar-refractivity contribution in [3.8, 4) is 11.3 Å². The zero-order chi connectivity index (χ0) is 20.7. The number of pyridine rings is 1. The van der Waals surface area contributed by atoms with Crippen molar-refractivity contribution in [2.75, 3.05) is 32.0 Å². The Hall–Kier alpha value is -2.32. The van der Waals surface area contributed by atoms with E-state index >= 15 is 0 Å². The predicted molar refractivity (Wildman–Crippen MR) is 118 cm³/mol. The van der Waals surface area contributed by atoms with Crippen molar-refractivity contribution in [1.29, 1.82) is 0 Å². The Bertz CT molecular complexity index is 1160. The van der Waals surface area contributed by atoms with Gasteiger partial charge in [-0.05, 0) is 48.9 Å². The number of halogens is 1. The van der Waals surface area contributed by atoms with Gasteiger partial charge >= 0.3 is 0 Å². The van der Waals surface area contributed by atoms with Crippen LogP contribution in [0.5, 0.6) is 0 Å². The molecular weight excluding hydrogens is 501 g/mol. The molecule has 3 aromatic rings. The van der Waals surface area contributed by atoms with Crippen LogP contribution in [-0.2, 0) is 4.79 Å². The molecule has 31 heavy (non-hydrogen) atoms. The molecule has 2 aliphatic rings. The summed E-state index contributed by atoms with van der Waals surface area (Å²) in [5.74, 6) is -0.0117. The number of quaternary nitrogens is 1. The Morgan fingerprint density at radius 1 is 1.03 bits per heavy atom. The molecule has 6 heteroatoms. The summed E-state index contributed by atoms with van der Waals surface area (Å²) in [4.78, 5) is 30.3. The van der Waals surface area contributed by atoms with Crippen LogP contribution in [-0.4, -0.2) is 47.8 Å². The molecule has 2 heterocycles. The zero-order valence-corrected chi connectivity index (χ0v) is 19.8. The highest BCUT2D eigenvalue weighted by atomic mass is 127. The summed E-state index contributed by atoms with van der Waals surface area (Å²) in [5.41, 5.74) is 3.60. The number of anilines is 1. The molecule has 0 unspecified atom stereocenters. The van der Waals surface area contributed by atoms with Crippen LogP contribution in [0.1, 0.15) is 41.6 Å². The van der Waals surface area contributed by atoms with Crippen LogP contribution in [0.25, 0.3) is 22.0 Å². The number of likely N-dealkylation sites (tertiary alicyclic amines) is 1. The minimum Gasteiger partial charge on any atom is -1.00 e. The molecule has 0 spiro atoms. The second-order valence-corrected chi connectivity index (χ2v) is 8.80. The van der Waals surface area contributed by atoms with E-state index < -0.39 is 0 Å². The first kappa shape index (κ1) is 21.9. The molecule has 0 radical (unpaired) electrons. The lowest BCUT2D eigenvalue weighted by Crippen LogP contribution is -3.00. The number of aromatic nitrogens is 1. The van der Waals surface area contributed by atoms with E-state index in [0.717, 1.165) is 46.1 Å². The van der Waals surface area contributed by atoms with Crippen LogP contribution in [0.2, 0.25) is 0 Å².